The number of nitrogens with zero attached hydrogens (tertiary/aromatic N) is 3. The summed E-state index contributed by atoms with van der Waals surface area (Å²) in [5.41, 5.74) is 14.5. The van der Waals surface area contributed by atoms with Crippen LogP contribution in [0.3, 0.4) is 0 Å². The molecule has 0 atom stereocenters. The third-order valence-electron chi connectivity index (χ3n) is 3.23. The number of para-hydroxylation sites is 1. The number of rotatable bonds is 5. The van der Waals surface area contributed by atoms with Crippen LogP contribution in [-0.4, -0.2) is 15.0 Å². The van der Waals surface area contributed by atoms with E-state index in [1.165, 1.54) is 6.33 Å². The van der Waals surface area contributed by atoms with E-state index in [1.807, 2.05) is 49.4 Å². The van der Waals surface area contributed by atoms with Gasteiger partial charge in [0.1, 0.15) is 17.8 Å². The molecule has 0 radical (unpaired) electrons. The average molecular weight is 307 g/mol. The highest BCUT2D eigenvalue weighted by molar-refractivity contribution is 5.78. The average Bonchev–Trinajstić information content (AvgIpc) is 2.58. The lowest BCUT2D eigenvalue weighted by atomic mass is 10.3. The first-order valence-electron chi connectivity index (χ1n) is 7.10. The minimum atomic E-state index is 0.404. The lowest BCUT2D eigenvalue weighted by Gasteiger charge is -2.14. The number of pyridine rings is 1. The Morgan fingerprint density at radius 1 is 0.826 bits per heavy atom. The first-order valence-corrected chi connectivity index (χ1v) is 7.10. The van der Waals surface area contributed by atoms with E-state index in [9.17, 15) is 0 Å². The van der Waals surface area contributed by atoms with Crippen LogP contribution in [0, 0.1) is 6.92 Å². The second kappa shape index (κ2) is 6.61. The van der Waals surface area contributed by atoms with E-state index in [4.69, 9.17) is 5.73 Å². The Morgan fingerprint density at radius 2 is 1.61 bits per heavy atom. The van der Waals surface area contributed by atoms with Crippen LogP contribution in [-0.2, 0) is 0 Å². The molecule has 7 heteroatoms. The number of anilines is 5. The first-order chi connectivity index (χ1) is 11.2. The van der Waals surface area contributed by atoms with E-state index in [2.05, 4.69) is 31.1 Å². The summed E-state index contributed by atoms with van der Waals surface area (Å²) in [5, 5.41) is 3.12. The molecule has 5 N–H and O–H groups in total. The third kappa shape index (κ3) is 3.46. The van der Waals surface area contributed by atoms with E-state index in [0.29, 0.717) is 23.1 Å². The normalized spacial score (nSPS) is 10.1. The number of hydrazine groups is 1. The molecule has 23 heavy (non-hydrogen) atoms. The van der Waals surface area contributed by atoms with Crippen molar-refractivity contribution in [2.45, 2.75) is 6.92 Å². The summed E-state index contributed by atoms with van der Waals surface area (Å²) in [6, 6.07) is 13.5. The van der Waals surface area contributed by atoms with Crippen molar-refractivity contribution in [3.63, 3.8) is 0 Å². The lowest BCUT2D eigenvalue weighted by Crippen LogP contribution is -2.13. The Kier molecular flexibility index (Phi) is 4.19. The zero-order valence-corrected chi connectivity index (χ0v) is 12.6. The van der Waals surface area contributed by atoms with Gasteiger partial charge >= 0.3 is 0 Å². The fourth-order valence-corrected chi connectivity index (χ4v) is 1.98. The highest BCUT2D eigenvalue weighted by atomic mass is 15.4. The third-order valence-corrected chi connectivity index (χ3v) is 3.23. The van der Waals surface area contributed by atoms with Gasteiger partial charge in [-0.25, -0.2) is 15.0 Å². The van der Waals surface area contributed by atoms with Gasteiger partial charge in [0.15, 0.2) is 11.6 Å². The number of aryl methyl sites for hydroxylation is 1. The summed E-state index contributed by atoms with van der Waals surface area (Å²) >= 11 is 0. The molecule has 0 bridgehead atoms. The van der Waals surface area contributed by atoms with Gasteiger partial charge in [0.25, 0.3) is 0 Å². The van der Waals surface area contributed by atoms with E-state index in [-0.39, 0.29) is 0 Å². The van der Waals surface area contributed by atoms with Gasteiger partial charge in [0.05, 0.1) is 5.69 Å². The van der Waals surface area contributed by atoms with E-state index >= 15 is 0 Å². The minimum absolute atomic E-state index is 0.404. The van der Waals surface area contributed by atoms with E-state index in [0.717, 1.165) is 11.3 Å². The van der Waals surface area contributed by atoms with Crippen molar-refractivity contribution in [1.29, 1.82) is 0 Å². The van der Waals surface area contributed by atoms with Crippen molar-refractivity contribution in [3.05, 3.63) is 60.6 Å². The Bertz CT molecular complexity index is 789. The van der Waals surface area contributed by atoms with Crippen LogP contribution in [0.25, 0.3) is 0 Å². The predicted molar refractivity (Wildman–Crippen MR) is 92.4 cm³/mol. The van der Waals surface area contributed by atoms with Crippen molar-refractivity contribution in [3.8, 4) is 0 Å². The number of nitrogen functional groups attached to an aromatic ring is 1. The maximum atomic E-state index is 6.13. The molecule has 0 unspecified atom stereocenters. The van der Waals surface area contributed by atoms with E-state index in [1.54, 1.807) is 6.20 Å². The molecule has 3 rings (SSSR count). The van der Waals surface area contributed by atoms with Crippen molar-refractivity contribution in [2.75, 3.05) is 21.9 Å². The Morgan fingerprint density at radius 3 is 2.39 bits per heavy atom. The molecule has 0 saturated heterocycles. The monoisotopic (exact) mass is 307 g/mol. The lowest BCUT2D eigenvalue weighted by molar-refractivity contribution is 1.14. The molecule has 0 spiro atoms. The number of hydrogen-bond donors (Lipinski definition) is 4. The molecule has 0 aliphatic carbocycles. The molecule has 2 heterocycles. The largest absolute Gasteiger partial charge is 0.393 e. The molecule has 0 fully saturated rings. The van der Waals surface area contributed by atoms with Gasteiger partial charge in [-0.15, -0.1) is 0 Å². The fraction of sp³-hybridized carbons (Fsp3) is 0.0625. The van der Waals surface area contributed by atoms with Crippen molar-refractivity contribution >= 4 is 28.8 Å². The minimum Gasteiger partial charge on any atom is -0.393 e. The van der Waals surface area contributed by atoms with Gasteiger partial charge in [-0.1, -0.05) is 24.3 Å². The highest BCUT2D eigenvalue weighted by Crippen LogP contribution is 2.26. The summed E-state index contributed by atoms with van der Waals surface area (Å²) in [4.78, 5) is 12.6. The van der Waals surface area contributed by atoms with Gasteiger partial charge in [0, 0.05) is 6.20 Å². The maximum Gasteiger partial charge on any atom is 0.173 e. The summed E-state index contributed by atoms with van der Waals surface area (Å²) < 4.78 is 0. The van der Waals surface area contributed by atoms with Crippen LogP contribution in [0.1, 0.15) is 5.56 Å². The Hall–Kier alpha value is -3.35. The molecule has 7 nitrogen and oxygen atoms in total. The quantitative estimate of drug-likeness (QED) is 0.538. The molecule has 116 valence electrons. The molecular formula is C16H17N7. The summed E-state index contributed by atoms with van der Waals surface area (Å²) in [6.07, 6.45) is 3.15. The van der Waals surface area contributed by atoms with E-state index < -0.39 is 0 Å². The zero-order valence-electron chi connectivity index (χ0n) is 12.6. The van der Waals surface area contributed by atoms with Gasteiger partial charge in [-0.3, -0.25) is 10.9 Å². The van der Waals surface area contributed by atoms with Gasteiger partial charge in [0.2, 0.25) is 0 Å². The van der Waals surface area contributed by atoms with Gasteiger partial charge in [-0.2, -0.15) is 0 Å². The molecule has 0 saturated carbocycles. The summed E-state index contributed by atoms with van der Waals surface area (Å²) in [5.74, 6) is 1.69. The Labute approximate surface area is 134 Å². The molecular weight excluding hydrogens is 290 g/mol. The van der Waals surface area contributed by atoms with Crippen LogP contribution in [0.15, 0.2) is 55.0 Å². The molecule has 1 aromatic carbocycles. The van der Waals surface area contributed by atoms with Gasteiger partial charge < -0.3 is 11.1 Å². The van der Waals surface area contributed by atoms with Crippen molar-refractivity contribution in [1.82, 2.24) is 15.0 Å². The number of nitrogens with one attached hydrogen (secondary N) is 3. The Balaban J connectivity index is 1.77. The molecule has 0 aliphatic heterocycles. The standard InChI is InChI=1S/C16H17N7/c1-11-6-5-9-18-14(11)21-15-13(17)16(20-10-19-15)23-22-12-7-3-2-4-8-12/h2-10,22H,17H2,1H3,(H2,18,19,20,21,23). The molecule has 0 amide bonds. The van der Waals surface area contributed by atoms with Gasteiger partial charge in [-0.05, 0) is 30.7 Å². The van der Waals surface area contributed by atoms with Crippen LogP contribution >= 0.6 is 0 Å². The predicted octanol–water partition coefficient (Wildman–Crippen LogP) is 2.94. The number of benzene rings is 1. The van der Waals surface area contributed by atoms with Crippen molar-refractivity contribution < 1.29 is 0 Å². The fourth-order valence-electron chi connectivity index (χ4n) is 1.98. The van der Waals surface area contributed by atoms with Crippen LogP contribution in [0.5, 0.6) is 0 Å². The number of hydrogen-bond acceptors (Lipinski definition) is 7. The van der Waals surface area contributed by atoms with Crippen LogP contribution in [0.4, 0.5) is 28.8 Å². The van der Waals surface area contributed by atoms with Crippen molar-refractivity contribution in [2.24, 2.45) is 0 Å². The highest BCUT2D eigenvalue weighted by Gasteiger charge is 2.09. The zero-order chi connectivity index (χ0) is 16.1. The SMILES string of the molecule is Cc1cccnc1Nc1ncnc(NNc2ccccc2)c1N. The smallest absolute Gasteiger partial charge is 0.173 e. The van der Waals surface area contributed by atoms with Crippen LogP contribution in [0.2, 0.25) is 0 Å². The first kappa shape index (κ1) is 14.6. The molecule has 2 aromatic heterocycles. The summed E-state index contributed by atoms with van der Waals surface area (Å²) in [7, 11) is 0. The number of nitrogens with two attached hydrogens (primary N) is 1. The second-order valence-electron chi connectivity index (χ2n) is 4.89. The second-order valence-corrected chi connectivity index (χ2v) is 4.89. The summed E-state index contributed by atoms with van der Waals surface area (Å²) in [6.45, 7) is 1.96. The number of aromatic nitrogens is 3. The molecule has 3 aromatic rings. The maximum absolute atomic E-state index is 6.13. The topological polar surface area (TPSA) is 101 Å². The van der Waals surface area contributed by atoms with Crippen LogP contribution < -0.4 is 21.9 Å². The molecule has 0 aliphatic rings.